The van der Waals surface area contributed by atoms with Crippen molar-refractivity contribution in [3.8, 4) is 17.2 Å². The molecule has 8 nitrogen and oxygen atoms in total. The molecule has 1 aliphatic rings. The number of carbonyl (C=O) groups is 2. The number of Topliss-reactive ketones (excluding diaryl/α,β-unsaturated/α-hetero) is 1. The Balaban J connectivity index is 1.64. The van der Waals surface area contributed by atoms with Gasteiger partial charge in [0.05, 0.1) is 39.5 Å². The van der Waals surface area contributed by atoms with E-state index in [1.807, 2.05) is 18.2 Å². The van der Waals surface area contributed by atoms with Crippen LogP contribution < -0.4 is 14.2 Å². The molecule has 0 bridgehead atoms. The van der Waals surface area contributed by atoms with Gasteiger partial charge in [0, 0.05) is 16.0 Å². The third-order valence-corrected chi connectivity index (χ3v) is 6.74. The van der Waals surface area contributed by atoms with Crippen molar-refractivity contribution >= 4 is 34.3 Å². The lowest BCUT2D eigenvalue weighted by Crippen LogP contribution is -2.31. The van der Waals surface area contributed by atoms with Crippen molar-refractivity contribution < 1.29 is 33.3 Å². The molecule has 0 aliphatic carbocycles. The highest BCUT2D eigenvalue weighted by atomic mass is 35.5. The zero-order valence-corrected chi connectivity index (χ0v) is 21.6. The maximum Gasteiger partial charge on any atom is 0.290 e. The summed E-state index contributed by atoms with van der Waals surface area (Å²) < 4.78 is 22.1. The van der Waals surface area contributed by atoms with Crippen LogP contribution in [0.2, 0.25) is 5.02 Å². The Morgan fingerprint density at radius 1 is 0.947 bits per heavy atom. The first-order valence-electron chi connectivity index (χ1n) is 11.7. The van der Waals surface area contributed by atoms with E-state index in [-0.39, 0.29) is 17.9 Å². The summed E-state index contributed by atoms with van der Waals surface area (Å²) in [5.74, 6) is -0.536. The Morgan fingerprint density at radius 2 is 1.68 bits per heavy atom. The minimum Gasteiger partial charge on any atom is -0.503 e. The summed E-state index contributed by atoms with van der Waals surface area (Å²) >= 11 is 6.09. The van der Waals surface area contributed by atoms with Crippen molar-refractivity contribution in [2.45, 2.75) is 12.6 Å². The summed E-state index contributed by atoms with van der Waals surface area (Å²) in [7, 11) is 4.54. The van der Waals surface area contributed by atoms with Gasteiger partial charge in [0.15, 0.2) is 23.0 Å². The first-order valence-corrected chi connectivity index (χ1v) is 12.1. The van der Waals surface area contributed by atoms with Crippen molar-refractivity contribution in [1.29, 1.82) is 0 Å². The number of aliphatic hydroxyl groups is 1. The number of hydrogen-bond donors (Lipinski definition) is 1. The average Bonchev–Trinajstić information content (AvgIpc) is 3.46. The summed E-state index contributed by atoms with van der Waals surface area (Å²) in [5.41, 5.74) is 1.59. The van der Waals surface area contributed by atoms with Crippen LogP contribution in [0.4, 0.5) is 0 Å². The number of ketones is 1. The van der Waals surface area contributed by atoms with E-state index < -0.39 is 23.5 Å². The molecule has 0 radical (unpaired) electrons. The number of carbonyl (C=O) groups excluding carboxylic acids is 2. The molecule has 3 aromatic carbocycles. The smallest absolute Gasteiger partial charge is 0.290 e. The molecule has 1 unspecified atom stereocenters. The first-order chi connectivity index (χ1) is 18.4. The van der Waals surface area contributed by atoms with Crippen LogP contribution in [-0.2, 0) is 11.3 Å². The molecule has 1 aromatic heterocycles. The fourth-order valence-electron chi connectivity index (χ4n) is 4.69. The van der Waals surface area contributed by atoms with Gasteiger partial charge in [-0.3, -0.25) is 9.59 Å². The lowest BCUT2D eigenvalue weighted by Gasteiger charge is -2.28. The highest BCUT2D eigenvalue weighted by Crippen LogP contribution is 2.43. The summed E-state index contributed by atoms with van der Waals surface area (Å²) in [6.07, 6.45) is 0. The van der Waals surface area contributed by atoms with E-state index in [4.69, 9.17) is 30.2 Å². The largest absolute Gasteiger partial charge is 0.503 e. The molecule has 38 heavy (non-hydrogen) atoms. The van der Waals surface area contributed by atoms with Gasteiger partial charge in [-0.15, -0.1) is 0 Å². The highest BCUT2D eigenvalue weighted by molar-refractivity contribution is 6.31. The Hall–Kier alpha value is -4.43. The molecule has 4 aromatic rings. The van der Waals surface area contributed by atoms with Crippen LogP contribution in [0.15, 0.2) is 82.5 Å². The molecule has 1 N–H and O–H groups in total. The molecular formula is C29H24ClNO7. The minimum absolute atomic E-state index is 0.0266. The number of aliphatic hydroxyl groups excluding tert-OH is 1. The van der Waals surface area contributed by atoms with E-state index in [0.717, 1.165) is 0 Å². The van der Waals surface area contributed by atoms with Crippen LogP contribution in [0.25, 0.3) is 11.0 Å². The van der Waals surface area contributed by atoms with Gasteiger partial charge in [-0.05, 0) is 48.0 Å². The van der Waals surface area contributed by atoms with Crippen LogP contribution in [0.1, 0.15) is 27.7 Å². The lowest BCUT2D eigenvalue weighted by atomic mass is 9.94. The van der Waals surface area contributed by atoms with Crippen LogP contribution in [0.5, 0.6) is 17.2 Å². The van der Waals surface area contributed by atoms with E-state index in [1.54, 1.807) is 48.5 Å². The Bertz CT molecular complexity index is 1590. The SMILES string of the molecule is COc1ccccc1CN1C(=O)C(O)=C(C(=O)c2cc3cc(Cl)ccc3o2)C1c1ccc(OC)c(OC)c1. The number of methoxy groups -OCH3 is 3. The van der Waals surface area contributed by atoms with Gasteiger partial charge in [0.1, 0.15) is 11.3 Å². The van der Waals surface area contributed by atoms with Crippen molar-refractivity contribution in [2.24, 2.45) is 0 Å². The van der Waals surface area contributed by atoms with Crippen LogP contribution in [0.3, 0.4) is 0 Å². The number of para-hydroxylation sites is 1. The number of fused-ring (bicyclic) bond motifs is 1. The summed E-state index contributed by atoms with van der Waals surface area (Å²) in [6, 6.07) is 17.9. The molecule has 0 saturated carbocycles. The molecule has 1 amide bonds. The summed E-state index contributed by atoms with van der Waals surface area (Å²) in [4.78, 5) is 28.7. The minimum atomic E-state index is -0.948. The molecule has 5 rings (SSSR count). The monoisotopic (exact) mass is 533 g/mol. The Morgan fingerprint density at radius 3 is 2.42 bits per heavy atom. The Labute approximate surface area is 223 Å². The molecule has 0 fully saturated rings. The number of hydrogen-bond acceptors (Lipinski definition) is 7. The van der Waals surface area contributed by atoms with Gasteiger partial charge in [0.25, 0.3) is 5.91 Å². The maximum atomic E-state index is 13.8. The molecule has 1 aliphatic heterocycles. The molecule has 1 atom stereocenters. The standard InChI is InChI=1S/C29H24ClNO7/c1-35-20-7-5-4-6-17(20)15-31-26(16-8-10-22(36-2)23(13-16)37-3)25(28(33)29(31)34)27(32)24-14-18-12-19(30)9-11-21(18)38-24/h4-14,26,33H,15H2,1-3H3. The number of nitrogens with zero attached hydrogens (tertiary/aromatic N) is 1. The highest BCUT2D eigenvalue weighted by Gasteiger charge is 2.45. The predicted octanol–water partition coefficient (Wildman–Crippen LogP) is 5.89. The van der Waals surface area contributed by atoms with E-state index in [0.29, 0.717) is 44.4 Å². The van der Waals surface area contributed by atoms with Gasteiger partial charge in [-0.1, -0.05) is 35.9 Å². The molecular weight excluding hydrogens is 510 g/mol. The quantitative estimate of drug-likeness (QED) is 0.282. The van der Waals surface area contributed by atoms with Crippen LogP contribution in [0, 0.1) is 0 Å². The molecule has 194 valence electrons. The Kier molecular flexibility index (Phi) is 6.73. The number of rotatable bonds is 8. The molecule has 2 heterocycles. The second kappa shape index (κ2) is 10.1. The average molecular weight is 534 g/mol. The van der Waals surface area contributed by atoms with Gasteiger partial charge >= 0.3 is 0 Å². The van der Waals surface area contributed by atoms with Crippen molar-refractivity contribution in [2.75, 3.05) is 21.3 Å². The number of benzene rings is 3. The molecule has 9 heteroatoms. The summed E-state index contributed by atoms with van der Waals surface area (Å²) in [6.45, 7) is 0.0679. The van der Waals surface area contributed by atoms with E-state index >= 15 is 0 Å². The zero-order chi connectivity index (χ0) is 27.0. The number of halogens is 1. The molecule has 0 spiro atoms. The number of furan rings is 1. The normalized spacial score (nSPS) is 15.3. The van der Waals surface area contributed by atoms with Gasteiger partial charge < -0.3 is 28.6 Å². The van der Waals surface area contributed by atoms with Gasteiger partial charge in [-0.2, -0.15) is 0 Å². The lowest BCUT2D eigenvalue weighted by molar-refractivity contribution is -0.130. The number of amides is 1. The predicted molar refractivity (Wildman–Crippen MR) is 141 cm³/mol. The van der Waals surface area contributed by atoms with Gasteiger partial charge in [-0.25, -0.2) is 0 Å². The maximum absolute atomic E-state index is 13.8. The van der Waals surface area contributed by atoms with Crippen molar-refractivity contribution in [3.05, 3.63) is 100.0 Å². The summed E-state index contributed by atoms with van der Waals surface area (Å²) in [5, 5.41) is 12.2. The third-order valence-electron chi connectivity index (χ3n) is 6.51. The van der Waals surface area contributed by atoms with Crippen LogP contribution >= 0.6 is 11.6 Å². The fourth-order valence-corrected chi connectivity index (χ4v) is 4.87. The van der Waals surface area contributed by atoms with E-state index in [2.05, 4.69) is 0 Å². The topological polar surface area (TPSA) is 98.4 Å². The molecule has 0 saturated heterocycles. The zero-order valence-electron chi connectivity index (χ0n) is 20.9. The second-order valence-corrected chi connectivity index (χ2v) is 9.08. The third kappa shape index (κ3) is 4.33. The van der Waals surface area contributed by atoms with Crippen molar-refractivity contribution in [1.82, 2.24) is 4.90 Å². The van der Waals surface area contributed by atoms with Crippen LogP contribution in [-0.4, -0.2) is 43.0 Å². The van der Waals surface area contributed by atoms with Crippen molar-refractivity contribution in [3.63, 3.8) is 0 Å². The first kappa shape index (κ1) is 25.2. The number of ether oxygens (including phenoxy) is 3. The van der Waals surface area contributed by atoms with E-state index in [9.17, 15) is 14.7 Å². The van der Waals surface area contributed by atoms with Gasteiger partial charge in [0.2, 0.25) is 5.78 Å². The second-order valence-electron chi connectivity index (χ2n) is 8.65. The van der Waals surface area contributed by atoms with E-state index in [1.165, 1.54) is 26.2 Å². The fraction of sp³-hybridized carbons (Fsp3) is 0.172.